The van der Waals surface area contributed by atoms with Gasteiger partial charge in [0.2, 0.25) is 0 Å². The molecule has 3 aromatic heterocycles. The van der Waals surface area contributed by atoms with Crippen molar-refractivity contribution in [3.8, 4) is 17.2 Å². The average Bonchev–Trinajstić information content (AvgIpc) is 3.39. The lowest BCUT2D eigenvalue weighted by Crippen LogP contribution is -2.27. The Morgan fingerprint density at radius 2 is 1.71 bits per heavy atom. The molecule has 178 valence electrons. The van der Waals surface area contributed by atoms with E-state index in [-0.39, 0.29) is 17.3 Å². The van der Waals surface area contributed by atoms with Crippen molar-refractivity contribution >= 4 is 21.4 Å². The monoisotopic (exact) mass is 507 g/mol. The van der Waals surface area contributed by atoms with Crippen LogP contribution in [0, 0.1) is 11.6 Å². The minimum Gasteiger partial charge on any atom is -0.275 e. The van der Waals surface area contributed by atoms with Crippen molar-refractivity contribution in [1.29, 1.82) is 0 Å². The van der Waals surface area contributed by atoms with Gasteiger partial charge in [0, 0.05) is 31.6 Å². The van der Waals surface area contributed by atoms with E-state index in [4.69, 9.17) is 11.6 Å². The lowest BCUT2D eigenvalue weighted by atomic mass is 10.1. The molecule has 0 amide bonds. The summed E-state index contributed by atoms with van der Waals surface area (Å²) in [6.07, 6.45) is 4.39. The quantitative estimate of drug-likeness (QED) is 0.376. The van der Waals surface area contributed by atoms with E-state index in [0.717, 1.165) is 16.7 Å². The van der Waals surface area contributed by atoms with Crippen LogP contribution in [0.3, 0.4) is 0 Å². The number of nitrogens with zero attached hydrogens (tertiary/aromatic N) is 7. The zero-order valence-electron chi connectivity index (χ0n) is 18.4. The minimum absolute atomic E-state index is 0.0107. The third-order valence-electron chi connectivity index (χ3n) is 5.48. The van der Waals surface area contributed by atoms with Crippen LogP contribution in [0.25, 0.3) is 17.2 Å². The fourth-order valence-electron chi connectivity index (χ4n) is 3.44. The van der Waals surface area contributed by atoms with Crippen LogP contribution in [0.4, 0.5) is 8.78 Å². The lowest BCUT2D eigenvalue weighted by molar-refractivity contribution is 0.555. The van der Waals surface area contributed by atoms with E-state index < -0.39 is 44.1 Å². The van der Waals surface area contributed by atoms with Crippen molar-refractivity contribution in [2.45, 2.75) is 30.8 Å². The third-order valence-corrected chi connectivity index (χ3v) is 7.88. The first-order valence-corrected chi connectivity index (χ1v) is 12.3. The third kappa shape index (κ3) is 4.55. The van der Waals surface area contributed by atoms with Crippen molar-refractivity contribution in [2.75, 3.05) is 0 Å². The Hall–Kier alpha value is -3.25. The topological polar surface area (TPSA) is 108 Å². The maximum Gasteiger partial charge on any atom is 0.189 e. The SMILES string of the molecule is C[C@H](c1ncc(Cl)cn1)[C@H](C)S(=O)(=O)Cc1nnc(-c2ccn(C)n2)n1-c1c(F)cccc1F. The number of rotatable bonds is 7. The molecule has 0 radical (unpaired) electrons. The smallest absolute Gasteiger partial charge is 0.189 e. The van der Waals surface area contributed by atoms with Crippen molar-refractivity contribution < 1.29 is 17.2 Å². The number of halogens is 3. The normalized spacial score (nSPS) is 13.7. The number of para-hydroxylation sites is 1. The molecule has 1 aromatic carbocycles. The fourth-order valence-corrected chi connectivity index (χ4v) is 5.09. The van der Waals surface area contributed by atoms with Gasteiger partial charge >= 0.3 is 0 Å². The molecule has 0 N–H and O–H groups in total. The first kappa shape index (κ1) is 23.9. The van der Waals surface area contributed by atoms with Gasteiger partial charge in [0.25, 0.3) is 0 Å². The Bertz CT molecular complexity index is 1420. The minimum atomic E-state index is -3.90. The largest absolute Gasteiger partial charge is 0.275 e. The van der Waals surface area contributed by atoms with Crippen LogP contribution >= 0.6 is 11.6 Å². The number of aryl methyl sites for hydroxylation is 1. The van der Waals surface area contributed by atoms with E-state index >= 15 is 0 Å². The van der Waals surface area contributed by atoms with E-state index in [0.29, 0.717) is 10.8 Å². The molecule has 2 atom stereocenters. The second kappa shape index (κ2) is 9.18. The predicted molar refractivity (Wildman–Crippen MR) is 121 cm³/mol. The van der Waals surface area contributed by atoms with E-state index in [2.05, 4.69) is 25.3 Å². The second-order valence-electron chi connectivity index (χ2n) is 7.78. The molecule has 0 bridgehead atoms. The van der Waals surface area contributed by atoms with Gasteiger partial charge in [0.1, 0.15) is 34.6 Å². The summed E-state index contributed by atoms with van der Waals surface area (Å²) in [6.45, 7) is 3.19. The number of benzene rings is 1. The highest BCUT2D eigenvalue weighted by atomic mass is 35.5. The Kier molecular flexibility index (Phi) is 6.45. The van der Waals surface area contributed by atoms with E-state index in [1.54, 1.807) is 26.2 Å². The van der Waals surface area contributed by atoms with Gasteiger partial charge in [0.15, 0.2) is 21.5 Å². The fraction of sp³-hybridized carbons (Fsp3) is 0.286. The number of hydrogen-bond acceptors (Lipinski definition) is 7. The van der Waals surface area contributed by atoms with Crippen LogP contribution in [0.2, 0.25) is 5.02 Å². The molecule has 0 aliphatic heterocycles. The van der Waals surface area contributed by atoms with Crippen molar-refractivity contribution in [3.63, 3.8) is 0 Å². The molecule has 9 nitrogen and oxygen atoms in total. The molecule has 34 heavy (non-hydrogen) atoms. The molecule has 4 rings (SSSR count). The molecular weight excluding hydrogens is 488 g/mol. The summed E-state index contributed by atoms with van der Waals surface area (Å²) in [7, 11) is -2.23. The van der Waals surface area contributed by atoms with Crippen molar-refractivity contribution in [1.82, 2.24) is 34.5 Å². The molecule has 0 saturated heterocycles. The highest BCUT2D eigenvalue weighted by molar-refractivity contribution is 7.91. The zero-order valence-corrected chi connectivity index (χ0v) is 20.0. The van der Waals surface area contributed by atoms with Crippen LogP contribution in [0.1, 0.15) is 31.4 Å². The van der Waals surface area contributed by atoms with Gasteiger partial charge in [-0.1, -0.05) is 24.6 Å². The summed E-state index contributed by atoms with van der Waals surface area (Å²) >= 11 is 5.82. The summed E-state index contributed by atoms with van der Waals surface area (Å²) in [4.78, 5) is 8.21. The summed E-state index contributed by atoms with van der Waals surface area (Å²) < 4.78 is 58.7. The predicted octanol–water partition coefficient (Wildman–Crippen LogP) is 3.50. The summed E-state index contributed by atoms with van der Waals surface area (Å²) in [5, 5.41) is 11.6. The van der Waals surface area contributed by atoms with Crippen LogP contribution in [0.15, 0.2) is 42.9 Å². The molecule has 0 unspecified atom stereocenters. The molecular formula is C21H20ClF2N7O2S. The maximum absolute atomic E-state index is 14.7. The van der Waals surface area contributed by atoms with Gasteiger partial charge in [-0.3, -0.25) is 9.25 Å². The van der Waals surface area contributed by atoms with Gasteiger partial charge in [-0.15, -0.1) is 10.2 Å². The Morgan fingerprint density at radius 3 is 2.29 bits per heavy atom. The highest BCUT2D eigenvalue weighted by Crippen LogP contribution is 2.29. The molecule has 13 heteroatoms. The zero-order chi connectivity index (χ0) is 24.6. The standard InChI is InChI=1S/C21H20ClF2N7O2S/c1-12(20-25-9-14(22)10-26-20)13(2)34(32,33)11-18-27-28-21(17-7-8-30(3)29-17)31(18)19-15(23)5-4-6-16(19)24/h4-10,12-13H,11H2,1-3H3/t12-,13-/m0/s1. The molecule has 0 fully saturated rings. The van der Waals surface area contributed by atoms with Crippen LogP contribution < -0.4 is 0 Å². The molecule has 0 saturated carbocycles. The average molecular weight is 508 g/mol. The van der Waals surface area contributed by atoms with E-state index in [1.165, 1.54) is 30.1 Å². The molecule has 0 aliphatic rings. The van der Waals surface area contributed by atoms with Crippen molar-refractivity contribution in [2.24, 2.45) is 7.05 Å². The highest BCUT2D eigenvalue weighted by Gasteiger charge is 2.33. The lowest BCUT2D eigenvalue weighted by Gasteiger charge is -2.19. The van der Waals surface area contributed by atoms with Crippen LogP contribution in [0.5, 0.6) is 0 Å². The number of hydrogen-bond donors (Lipinski definition) is 0. The van der Waals surface area contributed by atoms with Gasteiger partial charge in [-0.25, -0.2) is 27.2 Å². The number of sulfone groups is 1. The Morgan fingerprint density at radius 1 is 1.06 bits per heavy atom. The Balaban J connectivity index is 1.77. The molecule has 4 aromatic rings. The van der Waals surface area contributed by atoms with Crippen LogP contribution in [-0.2, 0) is 22.6 Å². The molecule has 0 aliphatic carbocycles. The first-order valence-electron chi connectivity index (χ1n) is 10.2. The molecule has 3 heterocycles. The van der Waals surface area contributed by atoms with E-state index in [1.807, 2.05) is 0 Å². The maximum atomic E-state index is 14.7. The second-order valence-corrected chi connectivity index (χ2v) is 10.6. The van der Waals surface area contributed by atoms with Gasteiger partial charge in [-0.2, -0.15) is 5.10 Å². The van der Waals surface area contributed by atoms with Gasteiger partial charge < -0.3 is 0 Å². The summed E-state index contributed by atoms with van der Waals surface area (Å²) in [5.74, 6) is -2.84. The first-order chi connectivity index (χ1) is 16.1. The Labute approximate surface area is 199 Å². The molecule has 0 spiro atoms. The summed E-state index contributed by atoms with van der Waals surface area (Å²) in [6, 6.07) is 4.94. The van der Waals surface area contributed by atoms with E-state index in [9.17, 15) is 17.2 Å². The van der Waals surface area contributed by atoms with Crippen LogP contribution in [-0.4, -0.2) is 48.2 Å². The van der Waals surface area contributed by atoms with Gasteiger partial charge in [0.05, 0.1) is 10.3 Å². The van der Waals surface area contributed by atoms with Crippen molar-refractivity contribution in [3.05, 3.63) is 71.2 Å². The summed E-state index contributed by atoms with van der Waals surface area (Å²) in [5.41, 5.74) is -0.211. The number of aromatic nitrogens is 7. The van der Waals surface area contributed by atoms with Gasteiger partial charge in [-0.05, 0) is 25.1 Å².